The number of likely N-dealkylation sites (tertiary alicyclic amines) is 1. The Morgan fingerprint density at radius 3 is 2.53 bits per heavy atom. The Balaban J connectivity index is 2.30. The van der Waals surface area contributed by atoms with Gasteiger partial charge in [-0.05, 0) is 33.2 Å². The van der Waals surface area contributed by atoms with Crippen LogP contribution in [0.15, 0.2) is 0 Å². The quantitative estimate of drug-likeness (QED) is 0.660. The molecule has 4 nitrogen and oxygen atoms in total. The first-order valence-electron chi connectivity index (χ1n) is 6.89. The van der Waals surface area contributed by atoms with Crippen LogP contribution in [0.3, 0.4) is 0 Å². The van der Waals surface area contributed by atoms with Crippen LogP contribution in [-0.2, 0) is 9.47 Å². The fraction of sp³-hybridized carbons (Fsp3) is 1.00. The lowest BCUT2D eigenvalue weighted by atomic mass is 10.0. The van der Waals surface area contributed by atoms with E-state index in [2.05, 4.69) is 4.90 Å². The topological polar surface area (TPSA) is 41.9 Å². The molecule has 1 rings (SSSR count). The third-order valence-corrected chi connectivity index (χ3v) is 3.32. The standard InChI is InChI=1S/C13H27NO3/c1-3-16-13(17-4-2)8-10-14-9-6-5-7-12(14)11-15/h12-13,15H,3-11H2,1-2H3. The molecule has 1 fully saturated rings. The second-order valence-corrected chi connectivity index (χ2v) is 4.50. The van der Waals surface area contributed by atoms with Crippen molar-refractivity contribution in [1.82, 2.24) is 4.90 Å². The Morgan fingerprint density at radius 1 is 1.24 bits per heavy atom. The number of hydrogen-bond donors (Lipinski definition) is 1. The molecule has 1 N–H and O–H groups in total. The van der Waals surface area contributed by atoms with Crippen molar-refractivity contribution in [2.75, 3.05) is 32.9 Å². The van der Waals surface area contributed by atoms with Gasteiger partial charge < -0.3 is 14.6 Å². The number of nitrogens with zero attached hydrogens (tertiary/aromatic N) is 1. The van der Waals surface area contributed by atoms with Crippen LogP contribution in [0.4, 0.5) is 0 Å². The summed E-state index contributed by atoms with van der Waals surface area (Å²) in [6.07, 6.45) is 4.39. The Morgan fingerprint density at radius 2 is 1.94 bits per heavy atom. The van der Waals surface area contributed by atoms with Crippen LogP contribution >= 0.6 is 0 Å². The van der Waals surface area contributed by atoms with Gasteiger partial charge in [-0.15, -0.1) is 0 Å². The van der Waals surface area contributed by atoms with Gasteiger partial charge in [0.2, 0.25) is 0 Å². The van der Waals surface area contributed by atoms with E-state index in [9.17, 15) is 5.11 Å². The lowest BCUT2D eigenvalue weighted by Crippen LogP contribution is -2.43. The summed E-state index contributed by atoms with van der Waals surface area (Å²) in [5, 5.41) is 9.33. The zero-order chi connectivity index (χ0) is 12.5. The van der Waals surface area contributed by atoms with Crippen LogP contribution in [0.25, 0.3) is 0 Å². The average molecular weight is 245 g/mol. The summed E-state index contributed by atoms with van der Waals surface area (Å²) in [7, 11) is 0. The number of aliphatic hydroxyl groups is 1. The number of ether oxygens (including phenoxy) is 2. The molecule has 0 aliphatic carbocycles. The molecule has 102 valence electrons. The lowest BCUT2D eigenvalue weighted by Gasteiger charge is -2.35. The van der Waals surface area contributed by atoms with Gasteiger partial charge in [0, 0.05) is 32.2 Å². The van der Waals surface area contributed by atoms with E-state index in [-0.39, 0.29) is 12.9 Å². The molecular formula is C13H27NO3. The molecule has 0 bridgehead atoms. The molecule has 1 heterocycles. The Kier molecular flexibility index (Phi) is 7.77. The highest BCUT2D eigenvalue weighted by Crippen LogP contribution is 2.17. The first kappa shape index (κ1) is 14.9. The average Bonchev–Trinajstić information content (AvgIpc) is 2.37. The molecule has 0 radical (unpaired) electrons. The van der Waals surface area contributed by atoms with Crippen LogP contribution in [-0.4, -0.2) is 55.2 Å². The molecule has 0 aromatic carbocycles. The van der Waals surface area contributed by atoms with Gasteiger partial charge in [-0.2, -0.15) is 0 Å². The van der Waals surface area contributed by atoms with Crippen LogP contribution in [0, 0.1) is 0 Å². The SMILES string of the molecule is CCOC(CCN1CCCCC1CO)OCC. The summed E-state index contributed by atoms with van der Waals surface area (Å²) >= 11 is 0. The monoisotopic (exact) mass is 245 g/mol. The molecule has 0 spiro atoms. The number of hydrogen-bond acceptors (Lipinski definition) is 4. The molecule has 4 heteroatoms. The predicted octanol–water partition coefficient (Wildman–Crippen LogP) is 1.62. The normalized spacial score (nSPS) is 22.2. The van der Waals surface area contributed by atoms with Crippen molar-refractivity contribution < 1.29 is 14.6 Å². The van der Waals surface area contributed by atoms with Crippen LogP contribution < -0.4 is 0 Å². The van der Waals surface area contributed by atoms with Crippen molar-refractivity contribution in [3.8, 4) is 0 Å². The highest BCUT2D eigenvalue weighted by atomic mass is 16.7. The number of piperidine rings is 1. The minimum Gasteiger partial charge on any atom is -0.395 e. The van der Waals surface area contributed by atoms with Gasteiger partial charge >= 0.3 is 0 Å². The molecule has 1 atom stereocenters. The molecule has 0 saturated carbocycles. The van der Waals surface area contributed by atoms with E-state index in [1.807, 2.05) is 13.8 Å². The smallest absolute Gasteiger partial charge is 0.158 e. The van der Waals surface area contributed by atoms with E-state index in [4.69, 9.17) is 9.47 Å². The van der Waals surface area contributed by atoms with E-state index in [1.54, 1.807) is 0 Å². The maximum absolute atomic E-state index is 9.33. The first-order valence-corrected chi connectivity index (χ1v) is 6.89. The van der Waals surface area contributed by atoms with Gasteiger partial charge in [0.15, 0.2) is 6.29 Å². The largest absolute Gasteiger partial charge is 0.395 e. The van der Waals surface area contributed by atoms with Crippen LogP contribution in [0.2, 0.25) is 0 Å². The van der Waals surface area contributed by atoms with Gasteiger partial charge in [-0.3, -0.25) is 4.90 Å². The van der Waals surface area contributed by atoms with Crippen molar-refractivity contribution in [1.29, 1.82) is 0 Å². The van der Waals surface area contributed by atoms with Crippen molar-refractivity contribution in [3.05, 3.63) is 0 Å². The summed E-state index contributed by atoms with van der Waals surface area (Å²) in [6, 6.07) is 0.340. The summed E-state index contributed by atoms with van der Waals surface area (Å²) in [5.74, 6) is 0. The zero-order valence-electron chi connectivity index (χ0n) is 11.2. The van der Waals surface area contributed by atoms with Gasteiger partial charge in [-0.1, -0.05) is 6.42 Å². The predicted molar refractivity (Wildman–Crippen MR) is 68.0 cm³/mol. The van der Waals surface area contributed by atoms with E-state index >= 15 is 0 Å². The third kappa shape index (κ3) is 5.34. The van der Waals surface area contributed by atoms with E-state index < -0.39 is 0 Å². The van der Waals surface area contributed by atoms with E-state index in [1.165, 1.54) is 12.8 Å². The Hall–Kier alpha value is -0.160. The molecule has 0 amide bonds. The van der Waals surface area contributed by atoms with Gasteiger partial charge in [0.05, 0.1) is 6.61 Å². The summed E-state index contributed by atoms with van der Waals surface area (Å²) < 4.78 is 11.1. The molecule has 1 saturated heterocycles. The van der Waals surface area contributed by atoms with Crippen molar-refractivity contribution >= 4 is 0 Å². The number of aliphatic hydroxyl groups excluding tert-OH is 1. The fourth-order valence-corrected chi connectivity index (χ4v) is 2.42. The van der Waals surface area contributed by atoms with Crippen molar-refractivity contribution in [2.45, 2.75) is 51.9 Å². The highest BCUT2D eigenvalue weighted by Gasteiger charge is 2.22. The second kappa shape index (κ2) is 8.86. The minimum atomic E-state index is -0.0914. The Labute approximate surface area is 105 Å². The van der Waals surface area contributed by atoms with Gasteiger partial charge in [0.25, 0.3) is 0 Å². The molecular weight excluding hydrogens is 218 g/mol. The van der Waals surface area contributed by atoms with Crippen molar-refractivity contribution in [3.63, 3.8) is 0 Å². The molecule has 0 aromatic heterocycles. The summed E-state index contributed by atoms with van der Waals surface area (Å²) in [6.45, 7) is 7.68. The highest BCUT2D eigenvalue weighted by molar-refractivity contribution is 4.76. The van der Waals surface area contributed by atoms with Crippen LogP contribution in [0.1, 0.15) is 39.5 Å². The molecule has 17 heavy (non-hydrogen) atoms. The maximum atomic E-state index is 9.33. The molecule has 1 aliphatic heterocycles. The van der Waals surface area contributed by atoms with Gasteiger partial charge in [0.1, 0.15) is 0 Å². The molecule has 1 aliphatic rings. The number of rotatable bonds is 8. The van der Waals surface area contributed by atoms with Crippen molar-refractivity contribution in [2.24, 2.45) is 0 Å². The molecule has 1 unspecified atom stereocenters. The first-order chi connectivity index (χ1) is 8.31. The van der Waals surface area contributed by atoms with E-state index in [0.717, 1.165) is 25.9 Å². The van der Waals surface area contributed by atoms with Gasteiger partial charge in [-0.25, -0.2) is 0 Å². The lowest BCUT2D eigenvalue weighted by molar-refractivity contribution is -0.143. The maximum Gasteiger partial charge on any atom is 0.158 e. The van der Waals surface area contributed by atoms with E-state index in [0.29, 0.717) is 19.3 Å². The Bertz CT molecular complexity index is 184. The fourth-order valence-electron chi connectivity index (χ4n) is 2.42. The van der Waals surface area contributed by atoms with Crippen LogP contribution in [0.5, 0.6) is 0 Å². The second-order valence-electron chi connectivity index (χ2n) is 4.50. The summed E-state index contributed by atoms with van der Waals surface area (Å²) in [5.41, 5.74) is 0. The summed E-state index contributed by atoms with van der Waals surface area (Å²) in [4.78, 5) is 2.37. The minimum absolute atomic E-state index is 0.0914. The molecule has 0 aromatic rings. The third-order valence-electron chi connectivity index (χ3n) is 3.32. The zero-order valence-corrected chi connectivity index (χ0v) is 11.2.